The summed E-state index contributed by atoms with van der Waals surface area (Å²) in [6, 6.07) is 14.5. The van der Waals surface area contributed by atoms with Crippen molar-refractivity contribution in [3.63, 3.8) is 0 Å². The first kappa shape index (κ1) is 23.2. The Hall–Kier alpha value is -3.49. The summed E-state index contributed by atoms with van der Waals surface area (Å²) in [5.74, 6) is -7.51. The molecule has 0 heterocycles. The molecule has 3 N–H and O–H groups in total. The number of carbonyl (C=O) groups excluding carboxylic acids is 2. The summed E-state index contributed by atoms with van der Waals surface area (Å²) in [7, 11) is 0. The van der Waals surface area contributed by atoms with Crippen LogP contribution in [0.4, 0.5) is 13.6 Å². The Labute approximate surface area is 183 Å². The highest BCUT2D eigenvalue weighted by molar-refractivity contribution is 5.86. The Morgan fingerprint density at radius 2 is 1.62 bits per heavy atom. The van der Waals surface area contributed by atoms with Gasteiger partial charge in [-0.15, -0.1) is 0 Å². The Morgan fingerprint density at radius 3 is 2.16 bits per heavy atom. The zero-order valence-electron chi connectivity index (χ0n) is 17.4. The number of ether oxygens (including phenoxy) is 1. The number of carboxylic acid groups (broad SMARTS) is 1. The largest absolute Gasteiger partial charge is 0.477 e. The third-order valence-corrected chi connectivity index (χ3v) is 5.33. The molecule has 0 saturated carbocycles. The van der Waals surface area contributed by atoms with Crippen molar-refractivity contribution < 1.29 is 33.0 Å². The van der Waals surface area contributed by atoms with Crippen LogP contribution in [0.3, 0.4) is 0 Å². The smallest absolute Gasteiger partial charge is 0.407 e. The quantitative estimate of drug-likeness (QED) is 0.547. The molecule has 2 aromatic rings. The number of amides is 2. The van der Waals surface area contributed by atoms with Crippen molar-refractivity contribution in [1.82, 2.24) is 10.6 Å². The number of nitrogens with one attached hydrogen (secondary N) is 2. The predicted octanol–water partition coefficient (Wildman–Crippen LogP) is 3.53. The van der Waals surface area contributed by atoms with Crippen molar-refractivity contribution in [3.05, 3.63) is 59.7 Å². The first-order valence-electron chi connectivity index (χ1n) is 10.2. The van der Waals surface area contributed by atoms with Gasteiger partial charge in [-0.3, -0.25) is 4.79 Å². The zero-order chi connectivity index (χ0) is 23.3. The van der Waals surface area contributed by atoms with Crippen LogP contribution in [0.2, 0.25) is 0 Å². The predicted molar refractivity (Wildman–Crippen MR) is 112 cm³/mol. The number of hydrogen-bond donors (Lipinski definition) is 3. The number of fused-ring (bicyclic) bond motifs is 3. The standard InChI is InChI=1S/C23H24F2N2O5/c1-2-7-19(20(28)26-13-23(24,25)21(29)30)27-22(31)32-12-18-16-10-5-3-8-14(16)15-9-4-6-11-17(15)18/h3-6,8-11,18-19H,2,7,12-13H2,1H3,(H,26,28)(H,27,31)(H,29,30). The molecule has 9 heteroatoms. The highest BCUT2D eigenvalue weighted by Gasteiger charge is 2.39. The van der Waals surface area contributed by atoms with E-state index in [-0.39, 0.29) is 18.9 Å². The second-order valence-corrected chi connectivity index (χ2v) is 7.54. The van der Waals surface area contributed by atoms with E-state index in [0.717, 1.165) is 22.3 Å². The molecule has 2 aromatic carbocycles. The van der Waals surface area contributed by atoms with Gasteiger partial charge in [0.2, 0.25) is 5.91 Å². The Morgan fingerprint density at radius 1 is 1.06 bits per heavy atom. The van der Waals surface area contributed by atoms with Gasteiger partial charge in [0.1, 0.15) is 12.6 Å². The highest BCUT2D eigenvalue weighted by atomic mass is 19.3. The van der Waals surface area contributed by atoms with E-state index in [2.05, 4.69) is 5.32 Å². The average molecular weight is 446 g/mol. The number of halogens is 2. The maximum absolute atomic E-state index is 13.2. The Balaban J connectivity index is 1.61. The lowest BCUT2D eigenvalue weighted by Gasteiger charge is -2.20. The molecule has 0 radical (unpaired) electrons. The number of alkyl halides is 2. The summed E-state index contributed by atoms with van der Waals surface area (Å²) in [4.78, 5) is 35.1. The van der Waals surface area contributed by atoms with E-state index in [1.54, 1.807) is 6.92 Å². The normalized spacial score (nSPS) is 13.6. The fourth-order valence-corrected chi connectivity index (χ4v) is 3.74. The van der Waals surface area contributed by atoms with E-state index < -0.39 is 36.5 Å². The van der Waals surface area contributed by atoms with Crippen LogP contribution in [0.1, 0.15) is 36.8 Å². The number of hydrogen-bond acceptors (Lipinski definition) is 4. The monoisotopic (exact) mass is 446 g/mol. The molecular weight excluding hydrogens is 422 g/mol. The van der Waals surface area contributed by atoms with Crippen LogP contribution in [0, 0.1) is 0 Å². The van der Waals surface area contributed by atoms with Crippen molar-refractivity contribution in [1.29, 1.82) is 0 Å². The molecule has 0 bridgehead atoms. The fourth-order valence-electron chi connectivity index (χ4n) is 3.74. The topological polar surface area (TPSA) is 105 Å². The first-order chi connectivity index (χ1) is 15.2. The van der Waals surface area contributed by atoms with Crippen molar-refractivity contribution in [2.75, 3.05) is 13.2 Å². The third-order valence-electron chi connectivity index (χ3n) is 5.33. The van der Waals surface area contributed by atoms with Crippen molar-refractivity contribution >= 4 is 18.0 Å². The molecule has 0 saturated heterocycles. The number of alkyl carbamates (subject to hydrolysis) is 1. The van der Waals surface area contributed by atoms with Crippen LogP contribution in [0.15, 0.2) is 48.5 Å². The molecule has 7 nitrogen and oxygen atoms in total. The van der Waals surface area contributed by atoms with Crippen molar-refractivity contribution in [2.24, 2.45) is 0 Å². The molecule has 2 amide bonds. The van der Waals surface area contributed by atoms with Crippen LogP contribution >= 0.6 is 0 Å². The molecule has 0 fully saturated rings. The maximum Gasteiger partial charge on any atom is 0.407 e. The first-order valence-corrected chi connectivity index (χ1v) is 10.2. The van der Waals surface area contributed by atoms with E-state index >= 15 is 0 Å². The zero-order valence-corrected chi connectivity index (χ0v) is 17.4. The minimum absolute atomic E-state index is 0.0391. The molecule has 0 aliphatic heterocycles. The lowest BCUT2D eigenvalue weighted by atomic mass is 9.98. The van der Waals surface area contributed by atoms with Crippen LogP contribution in [0.25, 0.3) is 11.1 Å². The molecule has 3 rings (SSSR count). The highest BCUT2D eigenvalue weighted by Crippen LogP contribution is 2.44. The molecule has 0 aromatic heterocycles. The second-order valence-electron chi connectivity index (χ2n) is 7.54. The van der Waals surface area contributed by atoms with Gasteiger partial charge < -0.3 is 20.5 Å². The minimum Gasteiger partial charge on any atom is -0.477 e. The summed E-state index contributed by atoms with van der Waals surface area (Å²) in [5.41, 5.74) is 4.19. The number of aliphatic carboxylic acids is 1. The van der Waals surface area contributed by atoms with E-state index in [4.69, 9.17) is 9.84 Å². The lowest BCUT2D eigenvalue weighted by Crippen LogP contribution is -2.50. The number of carboxylic acids is 1. The lowest BCUT2D eigenvalue weighted by molar-refractivity contribution is -0.164. The summed E-state index contributed by atoms with van der Waals surface area (Å²) in [6.45, 7) is 0.427. The van der Waals surface area contributed by atoms with E-state index in [1.807, 2.05) is 53.8 Å². The third kappa shape index (κ3) is 5.04. The van der Waals surface area contributed by atoms with Gasteiger partial charge in [-0.25, -0.2) is 9.59 Å². The van der Waals surface area contributed by atoms with Gasteiger partial charge >= 0.3 is 18.0 Å². The number of carbonyl (C=O) groups is 3. The number of rotatable bonds is 9. The van der Waals surface area contributed by atoms with Crippen LogP contribution in [-0.4, -0.2) is 48.2 Å². The van der Waals surface area contributed by atoms with Gasteiger partial charge in [-0.05, 0) is 28.7 Å². The van der Waals surface area contributed by atoms with Crippen LogP contribution in [0.5, 0.6) is 0 Å². The van der Waals surface area contributed by atoms with Gasteiger partial charge in [0.25, 0.3) is 0 Å². The number of benzene rings is 2. The van der Waals surface area contributed by atoms with Crippen molar-refractivity contribution in [3.8, 4) is 11.1 Å². The minimum atomic E-state index is -4.10. The van der Waals surface area contributed by atoms with E-state index in [1.165, 1.54) is 0 Å². The molecule has 32 heavy (non-hydrogen) atoms. The molecule has 1 atom stereocenters. The van der Waals surface area contributed by atoms with Gasteiger partial charge in [0.15, 0.2) is 0 Å². The van der Waals surface area contributed by atoms with Gasteiger partial charge in [0.05, 0.1) is 6.54 Å². The van der Waals surface area contributed by atoms with Crippen LogP contribution < -0.4 is 10.6 Å². The van der Waals surface area contributed by atoms with Gasteiger partial charge in [-0.1, -0.05) is 61.9 Å². The molecule has 1 aliphatic rings. The van der Waals surface area contributed by atoms with Gasteiger partial charge in [0, 0.05) is 5.92 Å². The molecule has 170 valence electrons. The molecular formula is C23H24F2N2O5. The summed E-state index contributed by atoms with van der Waals surface area (Å²) >= 11 is 0. The van der Waals surface area contributed by atoms with Crippen molar-refractivity contribution in [2.45, 2.75) is 37.6 Å². The van der Waals surface area contributed by atoms with E-state index in [0.29, 0.717) is 6.42 Å². The van der Waals surface area contributed by atoms with Gasteiger partial charge in [-0.2, -0.15) is 8.78 Å². The summed E-state index contributed by atoms with van der Waals surface area (Å²) < 4.78 is 31.8. The summed E-state index contributed by atoms with van der Waals surface area (Å²) in [5, 5.41) is 12.7. The Kier molecular flexibility index (Phi) is 7.07. The molecule has 1 aliphatic carbocycles. The summed E-state index contributed by atoms with van der Waals surface area (Å²) in [6.07, 6.45) is -0.198. The SMILES string of the molecule is CCCC(NC(=O)OCC1c2ccccc2-c2ccccc21)C(=O)NCC(F)(F)C(=O)O. The second kappa shape index (κ2) is 9.76. The van der Waals surface area contributed by atoms with E-state index in [9.17, 15) is 23.2 Å². The maximum atomic E-state index is 13.2. The molecule has 0 spiro atoms. The average Bonchev–Trinajstić information content (AvgIpc) is 3.09. The Bertz CT molecular complexity index is 966. The molecule has 1 unspecified atom stereocenters. The van der Waals surface area contributed by atoms with Crippen LogP contribution in [-0.2, 0) is 14.3 Å². The fraction of sp³-hybridized carbons (Fsp3) is 0.348.